The van der Waals surface area contributed by atoms with Gasteiger partial charge < -0.3 is 15.4 Å². The summed E-state index contributed by atoms with van der Waals surface area (Å²) in [6.07, 6.45) is 2.14. The molecule has 1 saturated heterocycles. The molecule has 0 saturated carbocycles. The minimum Gasteiger partial charge on any atom is -0.452 e. The van der Waals surface area contributed by atoms with Crippen molar-refractivity contribution in [2.45, 2.75) is 44.2 Å². The highest BCUT2D eigenvalue weighted by Crippen LogP contribution is 2.40. The van der Waals surface area contributed by atoms with E-state index in [1.54, 1.807) is 0 Å². The lowest BCUT2D eigenvalue weighted by molar-refractivity contribution is -0.175. The normalized spacial score (nSPS) is 20.3. The second-order valence-corrected chi connectivity index (χ2v) is 8.60. The van der Waals surface area contributed by atoms with Crippen LogP contribution in [0.5, 0.6) is 0 Å². The molecule has 3 aromatic carbocycles. The van der Waals surface area contributed by atoms with Gasteiger partial charge in [-0.2, -0.15) is 0 Å². The molecule has 2 N–H and O–H groups in total. The van der Waals surface area contributed by atoms with Crippen LogP contribution in [0.3, 0.4) is 0 Å². The third-order valence-electron chi connectivity index (χ3n) is 6.25. The summed E-state index contributed by atoms with van der Waals surface area (Å²) in [5.74, 6) is -0.588. The summed E-state index contributed by atoms with van der Waals surface area (Å²) >= 11 is 0. The minimum absolute atomic E-state index is 0.107. The van der Waals surface area contributed by atoms with Crippen LogP contribution in [-0.2, 0) is 26.3 Å². The summed E-state index contributed by atoms with van der Waals surface area (Å²) in [4.78, 5) is 28.9. The number of nitrogens with two attached hydrogens (primary N) is 1. The predicted molar refractivity (Wildman–Crippen MR) is 131 cm³/mol. The van der Waals surface area contributed by atoms with Crippen LogP contribution in [0.15, 0.2) is 84.9 Å². The zero-order valence-corrected chi connectivity index (χ0v) is 18.9. The number of anilines is 2. The van der Waals surface area contributed by atoms with Crippen LogP contribution in [-0.4, -0.2) is 24.3 Å². The fraction of sp³-hybridized carbons (Fsp3) is 0.286. The minimum atomic E-state index is -0.984. The number of carbonyl (C=O) groups excluding carboxylic acids is 2. The second-order valence-electron chi connectivity index (χ2n) is 8.60. The Balaban J connectivity index is 1.64. The van der Waals surface area contributed by atoms with E-state index in [1.807, 2.05) is 96.8 Å². The van der Waals surface area contributed by atoms with E-state index in [-0.39, 0.29) is 12.2 Å². The summed E-state index contributed by atoms with van der Waals surface area (Å²) in [7, 11) is 0. The van der Waals surface area contributed by atoms with Crippen LogP contribution >= 0.6 is 0 Å². The van der Waals surface area contributed by atoms with E-state index in [1.165, 1.54) is 0 Å². The number of cyclic esters (lactones) is 1. The molecule has 1 aliphatic rings. The van der Waals surface area contributed by atoms with Gasteiger partial charge in [0.05, 0.1) is 6.42 Å². The first-order valence-electron chi connectivity index (χ1n) is 11.5. The van der Waals surface area contributed by atoms with Gasteiger partial charge in [0.15, 0.2) is 11.8 Å². The molecule has 2 atom stereocenters. The van der Waals surface area contributed by atoms with Gasteiger partial charge in [-0.15, -0.1) is 0 Å². The summed E-state index contributed by atoms with van der Waals surface area (Å²) in [6, 6.07) is 26.0. The van der Waals surface area contributed by atoms with E-state index in [9.17, 15) is 9.59 Å². The lowest BCUT2D eigenvalue weighted by Gasteiger charge is -2.42. The number of rotatable bonds is 8. The first kappa shape index (κ1) is 22.6. The van der Waals surface area contributed by atoms with E-state index in [2.05, 4.69) is 0 Å². The Hall–Kier alpha value is -3.60. The van der Waals surface area contributed by atoms with Gasteiger partial charge in [-0.1, -0.05) is 67.6 Å². The molecule has 0 aliphatic carbocycles. The van der Waals surface area contributed by atoms with Crippen LogP contribution in [0.1, 0.15) is 37.3 Å². The van der Waals surface area contributed by atoms with Crippen molar-refractivity contribution in [1.82, 2.24) is 0 Å². The van der Waals surface area contributed by atoms with Crippen molar-refractivity contribution < 1.29 is 14.3 Å². The number of Topliss-reactive ketones (excluding diaryl/α,β-unsaturated/α-hetero) is 1. The predicted octanol–water partition coefficient (Wildman–Crippen LogP) is 4.90. The average molecular weight is 443 g/mol. The fourth-order valence-electron chi connectivity index (χ4n) is 4.58. The van der Waals surface area contributed by atoms with Crippen molar-refractivity contribution in [2.24, 2.45) is 0 Å². The number of ether oxygens (including phenoxy) is 1. The number of ketones is 1. The zero-order chi connectivity index (χ0) is 23.3. The second kappa shape index (κ2) is 9.90. The monoisotopic (exact) mass is 442 g/mol. The van der Waals surface area contributed by atoms with E-state index in [0.29, 0.717) is 25.1 Å². The molecule has 4 rings (SSSR count). The number of para-hydroxylation sites is 1. The Morgan fingerprint density at radius 2 is 1.58 bits per heavy atom. The van der Waals surface area contributed by atoms with Crippen LogP contribution < -0.4 is 10.6 Å². The lowest BCUT2D eigenvalue weighted by atomic mass is 9.80. The topological polar surface area (TPSA) is 72.6 Å². The molecular formula is C28H30N2O3. The lowest BCUT2D eigenvalue weighted by Crippen LogP contribution is -2.56. The molecule has 170 valence electrons. The van der Waals surface area contributed by atoms with E-state index in [0.717, 1.165) is 23.2 Å². The van der Waals surface area contributed by atoms with Gasteiger partial charge in [0.25, 0.3) is 0 Å². The number of esters is 1. The fourth-order valence-corrected chi connectivity index (χ4v) is 4.58. The maximum Gasteiger partial charge on any atom is 0.337 e. The Morgan fingerprint density at radius 1 is 0.939 bits per heavy atom. The quantitative estimate of drug-likeness (QED) is 0.305. The van der Waals surface area contributed by atoms with Crippen LogP contribution in [0, 0.1) is 0 Å². The van der Waals surface area contributed by atoms with Gasteiger partial charge in [-0.3, -0.25) is 4.79 Å². The number of hydrogen-bond acceptors (Lipinski definition) is 5. The summed E-state index contributed by atoms with van der Waals surface area (Å²) in [6.45, 7) is 2.63. The molecule has 0 amide bonds. The van der Waals surface area contributed by atoms with Gasteiger partial charge in [-0.25, -0.2) is 4.79 Å². The summed E-state index contributed by atoms with van der Waals surface area (Å²) < 4.78 is 6.21. The Kier molecular flexibility index (Phi) is 6.78. The van der Waals surface area contributed by atoms with E-state index < -0.39 is 17.6 Å². The van der Waals surface area contributed by atoms with Crippen molar-refractivity contribution in [3.05, 3.63) is 96.1 Å². The molecule has 1 aliphatic heterocycles. The Labute approximate surface area is 195 Å². The zero-order valence-electron chi connectivity index (χ0n) is 18.9. The number of carbonyl (C=O) groups is 2. The highest BCUT2D eigenvalue weighted by molar-refractivity contribution is 6.08. The van der Waals surface area contributed by atoms with Crippen molar-refractivity contribution in [3.63, 3.8) is 0 Å². The number of nitrogen functional groups attached to an aromatic ring is 1. The molecule has 1 fully saturated rings. The standard InChI is InChI=1S/C28H30N2O3/c1-2-19-30(24-11-7-4-8-12-24)26-25(31)20-28(33-27(26)32,22-9-5-3-6-10-22)18-17-21-13-15-23(29)16-14-21/h3-16,26H,2,17-20,29H2,1H3. The smallest absolute Gasteiger partial charge is 0.337 e. The molecule has 33 heavy (non-hydrogen) atoms. The molecule has 0 aromatic heterocycles. The van der Waals surface area contributed by atoms with Crippen molar-refractivity contribution in [1.29, 1.82) is 0 Å². The van der Waals surface area contributed by atoms with Crippen molar-refractivity contribution >= 4 is 23.1 Å². The van der Waals surface area contributed by atoms with Gasteiger partial charge in [0, 0.05) is 17.9 Å². The Bertz CT molecular complexity index is 1060. The number of hydrogen-bond donors (Lipinski definition) is 1. The van der Waals surface area contributed by atoms with Gasteiger partial charge in [-0.05, 0) is 54.7 Å². The van der Waals surface area contributed by atoms with E-state index >= 15 is 0 Å². The van der Waals surface area contributed by atoms with Gasteiger partial charge >= 0.3 is 5.97 Å². The number of nitrogens with zero attached hydrogens (tertiary/aromatic N) is 1. The van der Waals surface area contributed by atoms with E-state index in [4.69, 9.17) is 10.5 Å². The van der Waals surface area contributed by atoms with Crippen molar-refractivity contribution in [2.75, 3.05) is 17.2 Å². The summed E-state index contributed by atoms with van der Waals surface area (Å²) in [5, 5.41) is 0. The third kappa shape index (κ3) is 4.92. The largest absolute Gasteiger partial charge is 0.452 e. The molecule has 5 heteroatoms. The van der Waals surface area contributed by atoms with Crippen LogP contribution in [0.4, 0.5) is 11.4 Å². The van der Waals surface area contributed by atoms with Crippen molar-refractivity contribution in [3.8, 4) is 0 Å². The maximum atomic E-state index is 13.6. The molecule has 2 unspecified atom stereocenters. The summed E-state index contributed by atoms with van der Waals surface area (Å²) in [5.41, 5.74) is 8.32. The van der Waals surface area contributed by atoms with Gasteiger partial charge in [0.1, 0.15) is 5.60 Å². The number of benzene rings is 3. The third-order valence-corrected chi connectivity index (χ3v) is 6.25. The molecule has 0 bridgehead atoms. The molecular weight excluding hydrogens is 412 g/mol. The Morgan fingerprint density at radius 3 is 2.18 bits per heavy atom. The SMILES string of the molecule is CCCN(c1ccccc1)C1C(=O)CC(CCc2ccc(N)cc2)(c2ccccc2)OC1=O. The van der Waals surface area contributed by atoms with Crippen LogP contribution in [0.2, 0.25) is 0 Å². The molecule has 0 spiro atoms. The highest BCUT2D eigenvalue weighted by atomic mass is 16.6. The highest BCUT2D eigenvalue weighted by Gasteiger charge is 2.49. The first-order chi connectivity index (χ1) is 16.0. The van der Waals surface area contributed by atoms with Crippen LogP contribution in [0.25, 0.3) is 0 Å². The van der Waals surface area contributed by atoms with Gasteiger partial charge in [0.2, 0.25) is 0 Å². The molecule has 1 heterocycles. The maximum absolute atomic E-state index is 13.6. The molecule has 3 aromatic rings. The number of aryl methyl sites for hydroxylation is 1. The molecule has 5 nitrogen and oxygen atoms in total. The average Bonchev–Trinajstić information content (AvgIpc) is 2.84. The molecule has 0 radical (unpaired) electrons. The first-order valence-corrected chi connectivity index (χ1v) is 11.5.